The number of anilines is 1. The van der Waals surface area contributed by atoms with Gasteiger partial charge in [-0.2, -0.15) is 5.10 Å². The van der Waals surface area contributed by atoms with Crippen LogP contribution >= 0.6 is 0 Å². The van der Waals surface area contributed by atoms with Gasteiger partial charge in [-0.25, -0.2) is 8.42 Å². The number of piperidine rings is 1. The van der Waals surface area contributed by atoms with Gasteiger partial charge in [0.1, 0.15) is 0 Å². The molecule has 1 N–H and O–H groups in total. The van der Waals surface area contributed by atoms with Gasteiger partial charge in [0.2, 0.25) is 5.91 Å². The summed E-state index contributed by atoms with van der Waals surface area (Å²) < 4.78 is 25.8. The minimum atomic E-state index is -3.17. The second kappa shape index (κ2) is 8.98. The van der Waals surface area contributed by atoms with Crippen LogP contribution in [0.25, 0.3) is 0 Å². The van der Waals surface area contributed by atoms with Crippen LogP contribution in [0.5, 0.6) is 0 Å². The number of carbonyl (C=O) groups is 1. The molecule has 3 rings (SSSR count). The molecule has 1 aliphatic rings. The first-order valence-electron chi connectivity index (χ1n) is 10.2. The summed E-state index contributed by atoms with van der Waals surface area (Å²) in [5.74, 6) is 0.168. The van der Waals surface area contributed by atoms with E-state index in [4.69, 9.17) is 0 Å². The molecule has 7 nitrogen and oxygen atoms in total. The zero-order valence-corrected chi connectivity index (χ0v) is 18.2. The zero-order chi connectivity index (χ0) is 21.0. The molecule has 0 atom stereocenters. The Morgan fingerprint density at radius 1 is 1.17 bits per heavy atom. The molecule has 2 aromatic rings. The molecule has 0 spiro atoms. The fourth-order valence-corrected chi connectivity index (χ4v) is 4.61. The first-order valence-corrected chi connectivity index (χ1v) is 11.8. The van der Waals surface area contributed by atoms with Gasteiger partial charge in [0, 0.05) is 43.5 Å². The van der Waals surface area contributed by atoms with E-state index in [1.54, 1.807) is 19.1 Å². The van der Waals surface area contributed by atoms with Gasteiger partial charge in [-0.15, -0.1) is 0 Å². The van der Waals surface area contributed by atoms with Crippen LogP contribution in [-0.4, -0.2) is 49.0 Å². The lowest BCUT2D eigenvalue weighted by Crippen LogP contribution is -2.44. The van der Waals surface area contributed by atoms with E-state index >= 15 is 0 Å². The third-order valence-electron chi connectivity index (χ3n) is 5.46. The number of aromatic nitrogens is 2. The maximum atomic E-state index is 12.3. The van der Waals surface area contributed by atoms with Gasteiger partial charge >= 0.3 is 0 Å². The van der Waals surface area contributed by atoms with Crippen molar-refractivity contribution in [2.75, 3.05) is 23.7 Å². The fraction of sp³-hybridized carbons (Fsp3) is 0.524. The molecule has 1 amide bonds. The quantitative estimate of drug-likeness (QED) is 0.747. The molecule has 1 aromatic carbocycles. The van der Waals surface area contributed by atoms with Crippen LogP contribution in [0.2, 0.25) is 0 Å². The van der Waals surface area contributed by atoms with Gasteiger partial charge in [-0.05, 0) is 57.0 Å². The molecule has 1 aliphatic heterocycles. The number of amides is 1. The van der Waals surface area contributed by atoms with Gasteiger partial charge < -0.3 is 10.2 Å². The standard InChI is InChI=1S/C21H30N4O3S/c1-4-29(27,28)20-7-5-19(6-8-20)24-12-9-18(10-13-24)22-21(26)11-14-25-17(3)15-16(2)23-25/h5-8,15,18H,4,9-14H2,1-3H3,(H,22,26). The maximum Gasteiger partial charge on any atom is 0.222 e. The molecule has 8 heteroatoms. The topological polar surface area (TPSA) is 84.3 Å². The Morgan fingerprint density at radius 3 is 2.38 bits per heavy atom. The Hall–Kier alpha value is -2.35. The van der Waals surface area contributed by atoms with E-state index in [9.17, 15) is 13.2 Å². The average Bonchev–Trinajstić information content (AvgIpc) is 3.04. The Balaban J connectivity index is 1.46. The lowest BCUT2D eigenvalue weighted by Gasteiger charge is -2.34. The summed E-state index contributed by atoms with van der Waals surface area (Å²) in [7, 11) is -3.17. The number of benzene rings is 1. The van der Waals surface area contributed by atoms with Crippen LogP contribution in [0.4, 0.5) is 5.69 Å². The van der Waals surface area contributed by atoms with Crippen LogP contribution in [0.15, 0.2) is 35.2 Å². The van der Waals surface area contributed by atoms with Crippen molar-refractivity contribution in [2.45, 2.75) is 57.5 Å². The first kappa shape index (κ1) is 21.4. The van der Waals surface area contributed by atoms with Crippen molar-refractivity contribution in [3.05, 3.63) is 41.7 Å². The van der Waals surface area contributed by atoms with Crippen LogP contribution in [-0.2, 0) is 21.2 Å². The molecule has 0 saturated carbocycles. The molecule has 0 aliphatic carbocycles. The third kappa shape index (κ3) is 5.38. The van der Waals surface area contributed by atoms with E-state index < -0.39 is 9.84 Å². The zero-order valence-electron chi connectivity index (χ0n) is 17.4. The van der Waals surface area contributed by atoms with E-state index in [0.29, 0.717) is 17.9 Å². The van der Waals surface area contributed by atoms with E-state index in [-0.39, 0.29) is 17.7 Å². The highest BCUT2D eigenvalue weighted by atomic mass is 32.2. The van der Waals surface area contributed by atoms with Crippen molar-refractivity contribution in [3.63, 3.8) is 0 Å². The van der Waals surface area contributed by atoms with Crippen LogP contribution in [0, 0.1) is 13.8 Å². The van der Waals surface area contributed by atoms with Gasteiger partial charge in [-0.1, -0.05) is 6.92 Å². The van der Waals surface area contributed by atoms with Gasteiger partial charge in [0.25, 0.3) is 0 Å². The molecule has 29 heavy (non-hydrogen) atoms. The molecule has 0 bridgehead atoms. The molecule has 1 saturated heterocycles. The minimum Gasteiger partial charge on any atom is -0.371 e. The second-order valence-electron chi connectivity index (χ2n) is 7.63. The lowest BCUT2D eigenvalue weighted by atomic mass is 10.0. The highest BCUT2D eigenvalue weighted by Crippen LogP contribution is 2.22. The molecule has 158 valence electrons. The third-order valence-corrected chi connectivity index (χ3v) is 7.21. The van der Waals surface area contributed by atoms with Crippen molar-refractivity contribution >= 4 is 21.4 Å². The van der Waals surface area contributed by atoms with Crippen molar-refractivity contribution in [3.8, 4) is 0 Å². The molecule has 1 fully saturated rings. The van der Waals surface area contributed by atoms with Gasteiger partial charge in [0.15, 0.2) is 9.84 Å². The SMILES string of the molecule is CCS(=O)(=O)c1ccc(N2CCC(NC(=O)CCn3nc(C)cc3C)CC2)cc1. The van der Waals surface area contributed by atoms with Crippen molar-refractivity contribution in [1.29, 1.82) is 0 Å². The van der Waals surface area contributed by atoms with E-state index in [2.05, 4.69) is 15.3 Å². The van der Waals surface area contributed by atoms with Crippen LogP contribution in [0.1, 0.15) is 37.6 Å². The predicted octanol–water partition coefficient (Wildman–Crippen LogP) is 2.47. The summed E-state index contributed by atoms with van der Waals surface area (Å²) >= 11 is 0. The minimum absolute atomic E-state index is 0.0603. The highest BCUT2D eigenvalue weighted by Gasteiger charge is 2.21. The molecule has 0 unspecified atom stereocenters. The van der Waals surface area contributed by atoms with Crippen molar-refractivity contribution in [2.24, 2.45) is 0 Å². The van der Waals surface area contributed by atoms with Crippen LogP contribution in [0.3, 0.4) is 0 Å². The smallest absolute Gasteiger partial charge is 0.222 e. The van der Waals surface area contributed by atoms with Gasteiger partial charge in [-0.3, -0.25) is 9.48 Å². The van der Waals surface area contributed by atoms with E-state index in [1.165, 1.54) is 0 Å². The Morgan fingerprint density at radius 2 is 1.83 bits per heavy atom. The number of nitrogens with one attached hydrogen (secondary N) is 1. The number of rotatable bonds is 7. The normalized spacial score (nSPS) is 15.5. The monoisotopic (exact) mass is 418 g/mol. The average molecular weight is 419 g/mol. The predicted molar refractivity (Wildman–Crippen MR) is 114 cm³/mol. The number of hydrogen-bond donors (Lipinski definition) is 1. The summed E-state index contributed by atoms with van der Waals surface area (Å²) in [6.07, 6.45) is 2.18. The number of sulfone groups is 1. The number of aryl methyl sites for hydroxylation is 3. The molecule has 0 radical (unpaired) electrons. The van der Waals surface area contributed by atoms with Crippen molar-refractivity contribution < 1.29 is 13.2 Å². The van der Waals surface area contributed by atoms with Crippen molar-refractivity contribution in [1.82, 2.24) is 15.1 Å². The van der Waals surface area contributed by atoms with E-state index in [1.807, 2.05) is 36.7 Å². The molecule has 2 heterocycles. The largest absolute Gasteiger partial charge is 0.371 e. The Kier molecular flexibility index (Phi) is 6.62. The summed E-state index contributed by atoms with van der Waals surface area (Å²) in [5.41, 5.74) is 3.06. The lowest BCUT2D eigenvalue weighted by molar-refractivity contribution is -0.122. The number of carbonyl (C=O) groups excluding carboxylic acids is 1. The van der Waals surface area contributed by atoms with Gasteiger partial charge in [0.05, 0.1) is 16.3 Å². The summed E-state index contributed by atoms with van der Waals surface area (Å²) in [6.45, 7) is 7.87. The maximum absolute atomic E-state index is 12.3. The molecular formula is C21H30N4O3S. The number of nitrogens with zero attached hydrogens (tertiary/aromatic N) is 3. The Labute approximate surface area is 173 Å². The summed E-state index contributed by atoms with van der Waals surface area (Å²) in [5, 5.41) is 7.53. The number of hydrogen-bond acceptors (Lipinski definition) is 5. The molecule has 1 aromatic heterocycles. The fourth-order valence-electron chi connectivity index (χ4n) is 3.72. The summed E-state index contributed by atoms with van der Waals surface area (Å²) in [4.78, 5) is 14.9. The summed E-state index contributed by atoms with van der Waals surface area (Å²) in [6, 6.07) is 9.30. The highest BCUT2D eigenvalue weighted by molar-refractivity contribution is 7.91. The van der Waals surface area contributed by atoms with Crippen LogP contribution < -0.4 is 10.2 Å². The molecular weight excluding hydrogens is 388 g/mol. The van der Waals surface area contributed by atoms with E-state index in [0.717, 1.165) is 43.0 Å². The second-order valence-corrected chi connectivity index (χ2v) is 9.90. The first-order chi connectivity index (χ1) is 13.8. The Bertz CT molecular complexity index is 943.